The van der Waals surface area contributed by atoms with Crippen LogP contribution in [0.3, 0.4) is 0 Å². The highest BCUT2D eigenvalue weighted by molar-refractivity contribution is 5.46. The molecule has 0 unspecified atom stereocenters. The van der Waals surface area contributed by atoms with Gasteiger partial charge in [0.25, 0.3) is 0 Å². The molecule has 1 saturated heterocycles. The molecule has 0 bridgehead atoms. The van der Waals surface area contributed by atoms with Crippen molar-refractivity contribution in [2.24, 2.45) is 0 Å². The number of alkyl halides is 3. The SMILES string of the molecule is O=c1cc(CN2CCN(c3ccccc3)CC2)occ1OCc1cccc(C(F)(F)F)c1. The van der Waals surface area contributed by atoms with Crippen molar-refractivity contribution >= 4 is 5.69 Å². The summed E-state index contributed by atoms with van der Waals surface area (Å²) in [4.78, 5) is 16.9. The fourth-order valence-corrected chi connectivity index (χ4v) is 3.65. The number of halogens is 3. The van der Waals surface area contributed by atoms with Crippen LogP contribution < -0.4 is 15.1 Å². The van der Waals surface area contributed by atoms with Crippen LogP contribution in [0.2, 0.25) is 0 Å². The Bertz CT molecular complexity index is 1090. The molecule has 0 aliphatic carbocycles. The summed E-state index contributed by atoms with van der Waals surface area (Å²) in [5.74, 6) is 0.495. The van der Waals surface area contributed by atoms with Gasteiger partial charge in [0.2, 0.25) is 11.2 Å². The predicted molar refractivity (Wildman–Crippen MR) is 115 cm³/mol. The number of ether oxygens (including phenoxy) is 1. The molecule has 0 amide bonds. The number of hydrogen-bond acceptors (Lipinski definition) is 5. The Morgan fingerprint density at radius 1 is 0.938 bits per heavy atom. The van der Waals surface area contributed by atoms with E-state index in [1.54, 1.807) is 0 Å². The van der Waals surface area contributed by atoms with Crippen LogP contribution in [0.5, 0.6) is 5.75 Å². The monoisotopic (exact) mass is 444 g/mol. The number of para-hydroxylation sites is 1. The first kappa shape index (κ1) is 22.0. The number of rotatable bonds is 6. The van der Waals surface area contributed by atoms with Crippen molar-refractivity contribution < 1.29 is 22.3 Å². The quantitative estimate of drug-likeness (QED) is 0.558. The molecule has 1 fully saturated rings. The molecule has 0 radical (unpaired) electrons. The molecule has 0 spiro atoms. The number of hydrogen-bond donors (Lipinski definition) is 0. The van der Waals surface area contributed by atoms with Crippen molar-refractivity contribution in [3.05, 3.63) is 94.0 Å². The molecule has 0 N–H and O–H groups in total. The van der Waals surface area contributed by atoms with Gasteiger partial charge in [0, 0.05) is 37.9 Å². The zero-order valence-electron chi connectivity index (χ0n) is 17.3. The van der Waals surface area contributed by atoms with Gasteiger partial charge in [-0.25, -0.2) is 0 Å². The summed E-state index contributed by atoms with van der Waals surface area (Å²) in [7, 11) is 0. The van der Waals surface area contributed by atoms with E-state index in [2.05, 4.69) is 21.9 Å². The minimum atomic E-state index is -4.43. The number of benzene rings is 2. The van der Waals surface area contributed by atoms with Gasteiger partial charge in [-0.3, -0.25) is 9.69 Å². The molecule has 5 nitrogen and oxygen atoms in total. The van der Waals surface area contributed by atoms with E-state index in [1.807, 2.05) is 18.2 Å². The van der Waals surface area contributed by atoms with Crippen molar-refractivity contribution in [3.8, 4) is 5.75 Å². The van der Waals surface area contributed by atoms with Gasteiger partial charge in [-0.05, 0) is 29.8 Å². The first-order chi connectivity index (χ1) is 15.4. The minimum Gasteiger partial charge on any atom is -0.482 e. The van der Waals surface area contributed by atoms with Gasteiger partial charge in [-0.1, -0.05) is 30.3 Å². The highest BCUT2D eigenvalue weighted by atomic mass is 19.4. The second-order valence-electron chi connectivity index (χ2n) is 7.66. The smallest absolute Gasteiger partial charge is 0.416 e. The zero-order valence-corrected chi connectivity index (χ0v) is 17.3. The second kappa shape index (κ2) is 9.48. The summed E-state index contributed by atoms with van der Waals surface area (Å²) in [6, 6.07) is 16.4. The van der Waals surface area contributed by atoms with E-state index in [4.69, 9.17) is 9.15 Å². The van der Waals surface area contributed by atoms with Gasteiger partial charge in [0.1, 0.15) is 18.6 Å². The minimum absolute atomic E-state index is 0.0277. The highest BCUT2D eigenvalue weighted by Gasteiger charge is 2.30. The van der Waals surface area contributed by atoms with E-state index in [0.29, 0.717) is 17.9 Å². The molecule has 4 rings (SSSR count). The molecular formula is C24H23F3N2O3. The van der Waals surface area contributed by atoms with Crippen molar-refractivity contribution in [2.75, 3.05) is 31.1 Å². The molecule has 3 aromatic rings. The molecular weight excluding hydrogens is 421 g/mol. The summed E-state index contributed by atoms with van der Waals surface area (Å²) >= 11 is 0. The number of nitrogens with zero attached hydrogens (tertiary/aromatic N) is 2. The molecule has 0 saturated carbocycles. The maximum absolute atomic E-state index is 12.8. The molecule has 0 atom stereocenters. The van der Waals surface area contributed by atoms with Crippen LogP contribution in [0, 0.1) is 0 Å². The normalized spacial score (nSPS) is 15.0. The van der Waals surface area contributed by atoms with Crippen LogP contribution in [-0.4, -0.2) is 31.1 Å². The van der Waals surface area contributed by atoms with E-state index < -0.39 is 11.7 Å². The van der Waals surface area contributed by atoms with Gasteiger partial charge in [-0.15, -0.1) is 0 Å². The lowest BCUT2D eigenvalue weighted by molar-refractivity contribution is -0.137. The summed E-state index contributed by atoms with van der Waals surface area (Å²) in [5, 5.41) is 0. The largest absolute Gasteiger partial charge is 0.482 e. The predicted octanol–water partition coefficient (Wildman–Crippen LogP) is 4.56. The molecule has 1 aliphatic rings. The van der Waals surface area contributed by atoms with Crippen LogP contribution in [0.25, 0.3) is 0 Å². The van der Waals surface area contributed by atoms with Crippen LogP contribution >= 0.6 is 0 Å². The summed E-state index contributed by atoms with van der Waals surface area (Å²) < 4.78 is 49.4. The van der Waals surface area contributed by atoms with Gasteiger partial charge in [0.05, 0.1) is 12.1 Å². The topological polar surface area (TPSA) is 45.9 Å². The first-order valence-electron chi connectivity index (χ1n) is 10.3. The number of anilines is 1. The maximum atomic E-state index is 12.8. The first-order valence-corrected chi connectivity index (χ1v) is 10.3. The molecule has 168 valence electrons. The Hall–Kier alpha value is -3.26. The van der Waals surface area contributed by atoms with Gasteiger partial charge in [0.15, 0.2) is 0 Å². The standard InChI is InChI=1S/C24H23F3N2O3/c25-24(26,27)19-6-4-5-18(13-19)16-32-23-17-31-21(14-22(23)30)15-28-9-11-29(12-10-28)20-7-2-1-3-8-20/h1-8,13-14,17H,9-12,15-16H2. The van der Waals surface area contributed by atoms with E-state index in [0.717, 1.165) is 38.3 Å². The summed E-state index contributed by atoms with van der Waals surface area (Å²) in [6.07, 6.45) is -3.20. The third-order valence-electron chi connectivity index (χ3n) is 5.37. The molecule has 2 heterocycles. The third kappa shape index (κ3) is 5.50. The average molecular weight is 444 g/mol. The van der Waals surface area contributed by atoms with Crippen LogP contribution in [0.1, 0.15) is 16.9 Å². The number of piperazine rings is 1. The van der Waals surface area contributed by atoms with Crippen molar-refractivity contribution in [2.45, 2.75) is 19.3 Å². The fourth-order valence-electron chi connectivity index (χ4n) is 3.65. The lowest BCUT2D eigenvalue weighted by Crippen LogP contribution is -2.46. The Kier molecular flexibility index (Phi) is 6.50. The van der Waals surface area contributed by atoms with E-state index in [9.17, 15) is 18.0 Å². The molecule has 8 heteroatoms. The molecule has 1 aromatic heterocycles. The highest BCUT2D eigenvalue weighted by Crippen LogP contribution is 2.29. The lowest BCUT2D eigenvalue weighted by Gasteiger charge is -2.35. The van der Waals surface area contributed by atoms with Gasteiger partial charge >= 0.3 is 6.18 Å². The van der Waals surface area contributed by atoms with E-state index in [1.165, 1.54) is 30.1 Å². The molecule has 1 aliphatic heterocycles. The van der Waals surface area contributed by atoms with Crippen molar-refractivity contribution in [3.63, 3.8) is 0 Å². The zero-order chi connectivity index (χ0) is 22.6. The van der Waals surface area contributed by atoms with E-state index >= 15 is 0 Å². The van der Waals surface area contributed by atoms with Crippen LogP contribution in [0.15, 0.2) is 76.1 Å². The van der Waals surface area contributed by atoms with Crippen molar-refractivity contribution in [1.82, 2.24) is 4.90 Å². The van der Waals surface area contributed by atoms with Gasteiger partial charge < -0.3 is 14.1 Å². The Morgan fingerprint density at radius 3 is 2.38 bits per heavy atom. The lowest BCUT2D eigenvalue weighted by atomic mass is 10.1. The second-order valence-corrected chi connectivity index (χ2v) is 7.66. The Morgan fingerprint density at radius 2 is 1.69 bits per heavy atom. The van der Waals surface area contributed by atoms with Crippen molar-refractivity contribution in [1.29, 1.82) is 0 Å². The fraction of sp³-hybridized carbons (Fsp3) is 0.292. The van der Waals surface area contributed by atoms with Crippen LogP contribution in [-0.2, 0) is 19.3 Å². The molecule has 32 heavy (non-hydrogen) atoms. The average Bonchev–Trinajstić information content (AvgIpc) is 2.79. The third-order valence-corrected chi connectivity index (χ3v) is 5.37. The Balaban J connectivity index is 1.32. The summed E-state index contributed by atoms with van der Waals surface area (Å²) in [5.41, 5.74) is 0.398. The summed E-state index contributed by atoms with van der Waals surface area (Å²) in [6.45, 7) is 3.79. The van der Waals surface area contributed by atoms with Gasteiger partial charge in [-0.2, -0.15) is 13.2 Å². The maximum Gasteiger partial charge on any atom is 0.416 e. The molecule has 2 aromatic carbocycles. The van der Waals surface area contributed by atoms with Crippen LogP contribution in [0.4, 0.5) is 18.9 Å². The van der Waals surface area contributed by atoms with E-state index in [-0.39, 0.29) is 17.8 Å². The Labute approximate surface area is 183 Å².